The lowest BCUT2D eigenvalue weighted by molar-refractivity contribution is 0.275. The maximum absolute atomic E-state index is 8.86. The molecule has 1 aliphatic heterocycles. The van der Waals surface area contributed by atoms with Crippen LogP contribution in [0.15, 0.2) is 6.07 Å². The molecule has 2 rings (SSSR count). The Balaban J connectivity index is 0.000000845. The zero-order chi connectivity index (χ0) is 8.39. The molecule has 0 fully saturated rings. The van der Waals surface area contributed by atoms with E-state index in [-0.39, 0.29) is 31.4 Å². The summed E-state index contributed by atoms with van der Waals surface area (Å²) in [6.45, 7) is 2.92. The number of aryl methyl sites for hydroxylation is 1. The van der Waals surface area contributed by atoms with Crippen molar-refractivity contribution in [2.24, 2.45) is 0 Å². The van der Waals surface area contributed by atoms with E-state index in [1.165, 1.54) is 5.69 Å². The fraction of sp³-hybridized carbons (Fsp3) is 0.625. The average Bonchev–Trinajstić information content (AvgIpc) is 2.37. The van der Waals surface area contributed by atoms with Gasteiger partial charge in [-0.15, -0.1) is 24.8 Å². The average molecular weight is 240 g/mol. The molecule has 0 aliphatic carbocycles. The molecule has 0 saturated carbocycles. The second kappa shape index (κ2) is 6.24. The second-order valence-corrected chi connectivity index (χ2v) is 3.04. The van der Waals surface area contributed by atoms with Gasteiger partial charge in [-0.05, 0) is 19.0 Å². The predicted octanol–water partition coefficient (Wildman–Crippen LogP) is 0.712. The minimum Gasteiger partial charge on any atom is -0.390 e. The Morgan fingerprint density at radius 1 is 1.50 bits per heavy atom. The molecule has 2 heterocycles. The van der Waals surface area contributed by atoms with Crippen molar-refractivity contribution in [3.63, 3.8) is 0 Å². The zero-order valence-corrected chi connectivity index (χ0v) is 9.40. The minimum atomic E-state index is 0. The van der Waals surface area contributed by atoms with Gasteiger partial charge in [-0.25, -0.2) is 0 Å². The van der Waals surface area contributed by atoms with E-state index < -0.39 is 0 Å². The standard InChI is InChI=1S/C8H13N3O.2ClH/c12-6-7-4-8-5-9-2-1-3-11(8)10-7;;/h4,9,12H,1-3,5-6H2;2*1H. The lowest BCUT2D eigenvalue weighted by Crippen LogP contribution is -2.11. The smallest absolute Gasteiger partial charge is 0.0882 e. The van der Waals surface area contributed by atoms with Crippen molar-refractivity contribution in [3.05, 3.63) is 17.5 Å². The summed E-state index contributed by atoms with van der Waals surface area (Å²) < 4.78 is 1.98. The van der Waals surface area contributed by atoms with Crippen LogP contribution in [0, 0.1) is 0 Å². The molecule has 1 aliphatic rings. The first-order valence-electron chi connectivity index (χ1n) is 4.27. The molecule has 1 aromatic heterocycles. The van der Waals surface area contributed by atoms with Crippen molar-refractivity contribution in [2.75, 3.05) is 6.54 Å². The van der Waals surface area contributed by atoms with Gasteiger partial charge in [0.15, 0.2) is 0 Å². The van der Waals surface area contributed by atoms with Crippen LogP contribution in [-0.4, -0.2) is 21.4 Å². The van der Waals surface area contributed by atoms with E-state index in [9.17, 15) is 0 Å². The number of aliphatic hydroxyl groups excluding tert-OH is 1. The number of nitrogens with zero attached hydrogens (tertiary/aromatic N) is 2. The molecular weight excluding hydrogens is 225 g/mol. The molecule has 4 nitrogen and oxygen atoms in total. The molecule has 0 unspecified atom stereocenters. The van der Waals surface area contributed by atoms with Gasteiger partial charge in [0, 0.05) is 13.1 Å². The fourth-order valence-electron chi connectivity index (χ4n) is 1.50. The molecule has 14 heavy (non-hydrogen) atoms. The maximum Gasteiger partial charge on any atom is 0.0882 e. The highest BCUT2D eigenvalue weighted by atomic mass is 35.5. The van der Waals surface area contributed by atoms with E-state index in [0.29, 0.717) is 0 Å². The lowest BCUT2D eigenvalue weighted by atomic mass is 10.3. The first-order valence-corrected chi connectivity index (χ1v) is 4.27. The summed E-state index contributed by atoms with van der Waals surface area (Å²) in [7, 11) is 0. The summed E-state index contributed by atoms with van der Waals surface area (Å²) in [5, 5.41) is 16.4. The number of hydrogen-bond acceptors (Lipinski definition) is 3. The van der Waals surface area contributed by atoms with Crippen LogP contribution in [0.5, 0.6) is 0 Å². The molecule has 2 N–H and O–H groups in total. The normalized spacial score (nSPS) is 14.6. The molecule has 0 bridgehead atoms. The van der Waals surface area contributed by atoms with Crippen molar-refractivity contribution in [1.29, 1.82) is 0 Å². The molecule has 1 aromatic rings. The van der Waals surface area contributed by atoms with Gasteiger partial charge in [0.25, 0.3) is 0 Å². The van der Waals surface area contributed by atoms with E-state index in [1.807, 2.05) is 10.7 Å². The molecular formula is C8H15Cl2N3O. The SMILES string of the molecule is Cl.Cl.OCc1cc2n(n1)CCCNC2. The van der Waals surface area contributed by atoms with Crippen LogP contribution in [0.2, 0.25) is 0 Å². The molecule has 0 radical (unpaired) electrons. The van der Waals surface area contributed by atoms with Gasteiger partial charge < -0.3 is 10.4 Å². The van der Waals surface area contributed by atoms with Crippen LogP contribution in [-0.2, 0) is 19.7 Å². The minimum absolute atomic E-state index is 0. The lowest BCUT2D eigenvalue weighted by Gasteiger charge is -1.98. The molecule has 0 spiro atoms. The number of hydrogen-bond donors (Lipinski definition) is 2. The molecule has 6 heteroatoms. The van der Waals surface area contributed by atoms with Gasteiger partial charge in [-0.1, -0.05) is 0 Å². The Labute approximate surface area is 95.5 Å². The molecule has 0 amide bonds. The van der Waals surface area contributed by atoms with Gasteiger partial charge in [0.2, 0.25) is 0 Å². The fourth-order valence-corrected chi connectivity index (χ4v) is 1.50. The Morgan fingerprint density at radius 3 is 3.00 bits per heavy atom. The number of aliphatic hydroxyl groups is 1. The summed E-state index contributed by atoms with van der Waals surface area (Å²) in [6.07, 6.45) is 1.11. The monoisotopic (exact) mass is 239 g/mol. The van der Waals surface area contributed by atoms with Gasteiger partial charge in [-0.2, -0.15) is 5.10 Å². The summed E-state index contributed by atoms with van der Waals surface area (Å²) >= 11 is 0. The van der Waals surface area contributed by atoms with Crippen LogP contribution < -0.4 is 5.32 Å². The maximum atomic E-state index is 8.86. The third kappa shape index (κ3) is 2.85. The Morgan fingerprint density at radius 2 is 2.29 bits per heavy atom. The topological polar surface area (TPSA) is 50.1 Å². The number of halogens is 2. The second-order valence-electron chi connectivity index (χ2n) is 3.04. The zero-order valence-electron chi connectivity index (χ0n) is 7.77. The van der Waals surface area contributed by atoms with Crippen LogP contribution in [0.3, 0.4) is 0 Å². The summed E-state index contributed by atoms with van der Waals surface area (Å²) in [5.41, 5.74) is 1.95. The first kappa shape index (κ1) is 13.7. The highest BCUT2D eigenvalue weighted by molar-refractivity contribution is 5.85. The number of fused-ring (bicyclic) bond motifs is 1. The summed E-state index contributed by atoms with van der Waals surface area (Å²) in [5.74, 6) is 0. The van der Waals surface area contributed by atoms with Crippen molar-refractivity contribution >= 4 is 24.8 Å². The third-order valence-corrected chi connectivity index (χ3v) is 2.11. The largest absolute Gasteiger partial charge is 0.390 e. The summed E-state index contributed by atoms with van der Waals surface area (Å²) in [4.78, 5) is 0. The van der Waals surface area contributed by atoms with Crippen LogP contribution in [0.25, 0.3) is 0 Å². The van der Waals surface area contributed by atoms with Crippen molar-refractivity contribution in [1.82, 2.24) is 15.1 Å². The van der Waals surface area contributed by atoms with E-state index in [1.54, 1.807) is 0 Å². The molecule has 82 valence electrons. The third-order valence-electron chi connectivity index (χ3n) is 2.11. The Kier molecular flexibility index (Phi) is 6.11. The summed E-state index contributed by atoms with van der Waals surface area (Å²) in [6, 6.07) is 1.96. The highest BCUT2D eigenvalue weighted by Gasteiger charge is 2.09. The quantitative estimate of drug-likeness (QED) is 0.760. The number of nitrogens with one attached hydrogen (secondary N) is 1. The van der Waals surface area contributed by atoms with Gasteiger partial charge in [-0.3, -0.25) is 4.68 Å². The van der Waals surface area contributed by atoms with Crippen LogP contribution in [0.1, 0.15) is 17.8 Å². The van der Waals surface area contributed by atoms with Gasteiger partial charge in [0.1, 0.15) is 0 Å². The Bertz CT molecular complexity index is 254. The van der Waals surface area contributed by atoms with Crippen molar-refractivity contribution in [2.45, 2.75) is 26.1 Å². The van der Waals surface area contributed by atoms with Gasteiger partial charge in [0.05, 0.1) is 18.0 Å². The van der Waals surface area contributed by atoms with E-state index >= 15 is 0 Å². The molecule has 0 atom stereocenters. The van der Waals surface area contributed by atoms with Crippen molar-refractivity contribution < 1.29 is 5.11 Å². The predicted molar refractivity (Wildman–Crippen MR) is 59.0 cm³/mol. The van der Waals surface area contributed by atoms with Gasteiger partial charge >= 0.3 is 0 Å². The first-order chi connectivity index (χ1) is 5.90. The van der Waals surface area contributed by atoms with Crippen LogP contribution in [0.4, 0.5) is 0 Å². The van der Waals surface area contributed by atoms with Crippen molar-refractivity contribution in [3.8, 4) is 0 Å². The highest BCUT2D eigenvalue weighted by Crippen LogP contribution is 2.07. The molecule has 0 aromatic carbocycles. The van der Waals surface area contributed by atoms with Crippen LogP contribution >= 0.6 is 24.8 Å². The van der Waals surface area contributed by atoms with E-state index in [2.05, 4.69) is 10.4 Å². The Hall–Kier alpha value is -0.290. The number of aromatic nitrogens is 2. The number of rotatable bonds is 1. The van der Waals surface area contributed by atoms with E-state index in [0.717, 1.165) is 31.7 Å². The molecule has 0 saturated heterocycles. The van der Waals surface area contributed by atoms with E-state index in [4.69, 9.17) is 5.11 Å².